The zero-order valence-corrected chi connectivity index (χ0v) is 20.5. The van der Waals surface area contributed by atoms with E-state index in [-0.39, 0.29) is 28.2 Å². The molecule has 0 aliphatic carbocycles. The van der Waals surface area contributed by atoms with Crippen molar-refractivity contribution in [3.05, 3.63) is 35.4 Å². The first-order valence-electron chi connectivity index (χ1n) is 11.9. The average molecular weight is 525 g/mol. The van der Waals surface area contributed by atoms with Crippen LogP contribution < -0.4 is 4.74 Å². The molecule has 2 aliphatic rings. The zero-order valence-electron chi connectivity index (χ0n) is 20.5. The molecule has 4 rings (SSSR count). The Morgan fingerprint density at radius 1 is 0.919 bits per heavy atom. The number of aliphatic hydroxyl groups is 6. The van der Waals surface area contributed by atoms with E-state index in [0.29, 0.717) is 10.9 Å². The van der Waals surface area contributed by atoms with Crippen LogP contribution >= 0.6 is 0 Å². The van der Waals surface area contributed by atoms with E-state index in [1.807, 2.05) is 0 Å². The number of carbonyl (C=O) groups is 1. The van der Waals surface area contributed by atoms with Crippen LogP contribution in [0.3, 0.4) is 0 Å². The zero-order chi connectivity index (χ0) is 27.2. The lowest BCUT2D eigenvalue weighted by Gasteiger charge is -2.42. The van der Waals surface area contributed by atoms with E-state index in [2.05, 4.69) is 0 Å². The number of phenols is 1. The summed E-state index contributed by atoms with van der Waals surface area (Å²) in [7, 11) is 0. The third-order valence-electron chi connectivity index (χ3n) is 6.80. The van der Waals surface area contributed by atoms with Crippen LogP contribution in [0.2, 0.25) is 0 Å². The molecule has 0 saturated carbocycles. The minimum Gasteiger partial charge on any atom is -0.506 e. The highest BCUT2D eigenvalue weighted by Gasteiger charge is 2.47. The van der Waals surface area contributed by atoms with Crippen LogP contribution in [0.1, 0.15) is 29.8 Å². The van der Waals surface area contributed by atoms with Crippen molar-refractivity contribution < 1.29 is 59.5 Å². The Morgan fingerprint density at radius 2 is 1.57 bits per heavy atom. The molecule has 0 radical (unpaired) electrons. The van der Waals surface area contributed by atoms with E-state index in [9.17, 15) is 40.5 Å². The second-order valence-corrected chi connectivity index (χ2v) is 9.47. The molecule has 2 aromatic carbocycles. The van der Waals surface area contributed by atoms with Crippen molar-refractivity contribution in [3.8, 4) is 11.5 Å². The molecule has 204 valence electrons. The van der Waals surface area contributed by atoms with Crippen molar-refractivity contribution in [3.63, 3.8) is 0 Å². The molecule has 2 aliphatic heterocycles. The molecule has 12 nitrogen and oxygen atoms in total. The van der Waals surface area contributed by atoms with Crippen LogP contribution in [0.15, 0.2) is 24.3 Å². The SMILES string of the molecule is CC(=O)c1c(C)cc2cccc(O[C@@H]3O[C@H](CO[C@H]4O[C@H](C)[C@@H](O)[C@H](O)[C@@H]4O)[C@@H](O)[C@H](O)[C@H]3O)c2c1O. The summed E-state index contributed by atoms with van der Waals surface area (Å²) in [6, 6.07) is 6.52. The number of benzene rings is 2. The minimum absolute atomic E-state index is 0.0572. The molecule has 2 heterocycles. The van der Waals surface area contributed by atoms with Gasteiger partial charge in [0.05, 0.1) is 23.7 Å². The molecular weight excluding hydrogens is 492 g/mol. The van der Waals surface area contributed by atoms with Gasteiger partial charge in [-0.2, -0.15) is 0 Å². The molecule has 37 heavy (non-hydrogen) atoms. The molecule has 7 N–H and O–H groups in total. The third-order valence-corrected chi connectivity index (χ3v) is 6.80. The highest BCUT2D eigenvalue weighted by molar-refractivity contribution is 6.06. The van der Waals surface area contributed by atoms with Gasteiger partial charge in [0.15, 0.2) is 12.1 Å². The maximum absolute atomic E-state index is 12.1. The number of rotatable bonds is 6. The van der Waals surface area contributed by atoms with Gasteiger partial charge in [-0.3, -0.25) is 4.79 Å². The van der Waals surface area contributed by atoms with Gasteiger partial charge < -0.3 is 54.7 Å². The number of aliphatic hydroxyl groups excluding tert-OH is 6. The molecule has 10 atom stereocenters. The van der Waals surface area contributed by atoms with Crippen LogP contribution in [-0.4, -0.2) is 110 Å². The van der Waals surface area contributed by atoms with Crippen LogP contribution in [0, 0.1) is 6.92 Å². The normalized spacial score (nSPS) is 36.5. The number of hydrogen-bond donors (Lipinski definition) is 7. The van der Waals surface area contributed by atoms with E-state index in [0.717, 1.165) is 0 Å². The lowest BCUT2D eigenvalue weighted by atomic mass is 9.97. The van der Waals surface area contributed by atoms with Gasteiger partial charge in [0.25, 0.3) is 0 Å². The first-order valence-corrected chi connectivity index (χ1v) is 11.9. The fourth-order valence-electron chi connectivity index (χ4n) is 4.70. The predicted molar refractivity (Wildman–Crippen MR) is 126 cm³/mol. The Kier molecular flexibility index (Phi) is 8.04. The monoisotopic (exact) mass is 524 g/mol. The van der Waals surface area contributed by atoms with E-state index in [4.69, 9.17) is 18.9 Å². The number of hydrogen-bond acceptors (Lipinski definition) is 12. The Hall–Kier alpha value is -2.39. The molecule has 0 amide bonds. The maximum atomic E-state index is 12.1. The largest absolute Gasteiger partial charge is 0.506 e. The lowest BCUT2D eigenvalue weighted by Crippen LogP contribution is -2.61. The fraction of sp³-hybridized carbons (Fsp3) is 0.560. The third kappa shape index (κ3) is 5.17. The molecule has 0 spiro atoms. The average Bonchev–Trinajstić information content (AvgIpc) is 2.84. The number of aryl methyl sites for hydroxylation is 1. The lowest BCUT2D eigenvalue weighted by molar-refractivity contribution is -0.318. The number of Topliss-reactive ketones (excluding diaryl/α,β-unsaturated/α-hetero) is 1. The summed E-state index contributed by atoms with van der Waals surface area (Å²) < 4.78 is 22.3. The van der Waals surface area contributed by atoms with Gasteiger partial charge in [-0.1, -0.05) is 18.2 Å². The highest BCUT2D eigenvalue weighted by atomic mass is 16.7. The summed E-state index contributed by atoms with van der Waals surface area (Å²) in [5.41, 5.74) is 0.682. The van der Waals surface area contributed by atoms with E-state index < -0.39 is 68.0 Å². The second kappa shape index (κ2) is 10.8. The van der Waals surface area contributed by atoms with Crippen molar-refractivity contribution in [2.24, 2.45) is 0 Å². The molecule has 0 bridgehead atoms. The van der Waals surface area contributed by atoms with Crippen LogP contribution in [-0.2, 0) is 14.2 Å². The number of carbonyl (C=O) groups excluding carboxylic acids is 1. The quantitative estimate of drug-likeness (QED) is 0.230. The van der Waals surface area contributed by atoms with Crippen molar-refractivity contribution in [2.45, 2.75) is 82.2 Å². The molecule has 0 unspecified atom stereocenters. The van der Waals surface area contributed by atoms with Crippen molar-refractivity contribution in [1.29, 1.82) is 0 Å². The van der Waals surface area contributed by atoms with Gasteiger partial charge in [0.2, 0.25) is 6.29 Å². The summed E-state index contributed by atoms with van der Waals surface area (Å²) in [5, 5.41) is 72.9. The molecule has 0 aromatic heterocycles. The molecule has 2 fully saturated rings. The Labute approximate surface area is 212 Å². The summed E-state index contributed by atoms with van der Waals surface area (Å²) >= 11 is 0. The van der Waals surface area contributed by atoms with Crippen molar-refractivity contribution >= 4 is 16.6 Å². The first kappa shape index (κ1) is 27.6. The Balaban J connectivity index is 1.55. The van der Waals surface area contributed by atoms with Gasteiger partial charge in [-0.15, -0.1) is 0 Å². The standard InChI is InChI=1S/C25H32O12/c1-9-7-12-5-4-6-13(16(12)19(29)15(9)10(2)26)36-25-23(33)21(31)18(28)14(37-25)8-34-24-22(32)20(30)17(27)11(3)35-24/h4-7,11,14,17-18,20-25,27-33H,8H2,1-3H3/t11-,14-,17-,18-,20+,21+,22+,23-,24+,25-/m1/s1. The molecule has 2 saturated heterocycles. The minimum atomic E-state index is -1.71. The van der Waals surface area contributed by atoms with Gasteiger partial charge >= 0.3 is 0 Å². The molecule has 2 aromatic rings. The van der Waals surface area contributed by atoms with E-state index >= 15 is 0 Å². The number of ether oxygens (including phenoxy) is 4. The van der Waals surface area contributed by atoms with Crippen LogP contribution in [0.5, 0.6) is 11.5 Å². The van der Waals surface area contributed by atoms with Gasteiger partial charge in [-0.05, 0) is 37.8 Å². The first-order chi connectivity index (χ1) is 17.4. The number of fused-ring (bicyclic) bond motifs is 1. The van der Waals surface area contributed by atoms with Gasteiger partial charge in [0, 0.05) is 0 Å². The summed E-state index contributed by atoms with van der Waals surface area (Å²) in [4.78, 5) is 12.1. The fourth-order valence-corrected chi connectivity index (χ4v) is 4.70. The maximum Gasteiger partial charge on any atom is 0.229 e. The van der Waals surface area contributed by atoms with Gasteiger partial charge in [0.1, 0.15) is 54.2 Å². The summed E-state index contributed by atoms with van der Waals surface area (Å²) in [6.45, 7) is 4.04. The highest BCUT2D eigenvalue weighted by Crippen LogP contribution is 2.39. The predicted octanol–water partition coefficient (Wildman–Crippen LogP) is -0.913. The van der Waals surface area contributed by atoms with Crippen LogP contribution in [0.25, 0.3) is 10.8 Å². The Bertz CT molecular complexity index is 1140. The van der Waals surface area contributed by atoms with Crippen LogP contribution in [0.4, 0.5) is 0 Å². The summed E-state index contributed by atoms with van der Waals surface area (Å²) in [6.07, 6.45) is -14.5. The number of aromatic hydroxyl groups is 1. The number of ketones is 1. The van der Waals surface area contributed by atoms with Crippen molar-refractivity contribution in [2.75, 3.05) is 6.61 Å². The van der Waals surface area contributed by atoms with E-state index in [1.54, 1.807) is 25.1 Å². The molecule has 12 heteroatoms. The molecular formula is C25H32O12. The van der Waals surface area contributed by atoms with E-state index in [1.165, 1.54) is 19.9 Å². The topological polar surface area (TPSA) is 196 Å². The Morgan fingerprint density at radius 3 is 2.24 bits per heavy atom. The number of phenolic OH excluding ortho intramolecular Hbond substituents is 1. The summed E-state index contributed by atoms with van der Waals surface area (Å²) in [5.74, 6) is -0.598. The second-order valence-electron chi connectivity index (χ2n) is 9.47. The smallest absolute Gasteiger partial charge is 0.229 e. The van der Waals surface area contributed by atoms with Gasteiger partial charge in [-0.25, -0.2) is 0 Å². The van der Waals surface area contributed by atoms with Crippen molar-refractivity contribution in [1.82, 2.24) is 0 Å².